The Bertz CT molecular complexity index is 634. The van der Waals surface area contributed by atoms with Gasteiger partial charge >= 0.3 is 0 Å². The molecule has 0 aliphatic heterocycles. The lowest BCUT2D eigenvalue weighted by Crippen LogP contribution is -2.19. The number of benzene rings is 1. The van der Waals surface area contributed by atoms with Gasteiger partial charge in [-0.05, 0) is 54.0 Å². The van der Waals surface area contributed by atoms with E-state index in [4.69, 9.17) is 0 Å². The quantitative estimate of drug-likeness (QED) is 0.668. The molecule has 1 amide bonds. The highest BCUT2D eigenvalue weighted by molar-refractivity contribution is 9.10. The summed E-state index contributed by atoms with van der Waals surface area (Å²) in [6.45, 7) is 3.92. The third-order valence-electron chi connectivity index (χ3n) is 2.54. The van der Waals surface area contributed by atoms with Crippen LogP contribution in [0.5, 0.6) is 0 Å². The van der Waals surface area contributed by atoms with Crippen molar-refractivity contribution in [1.29, 1.82) is 0 Å². The van der Waals surface area contributed by atoms with Gasteiger partial charge in [0.25, 0.3) is 5.91 Å². The Hall–Kier alpha value is -1.46. The molecule has 0 atom stereocenters. The van der Waals surface area contributed by atoms with Crippen molar-refractivity contribution >= 4 is 38.9 Å². The number of nitrogens with one attached hydrogen (secondary N) is 1. The number of rotatable bonds is 3. The van der Waals surface area contributed by atoms with E-state index in [1.165, 1.54) is 4.88 Å². The molecule has 1 N–H and O–H groups in total. The number of aryl methyl sites for hydroxylation is 1. The van der Waals surface area contributed by atoms with Gasteiger partial charge in [0, 0.05) is 9.35 Å². The van der Waals surface area contributed by atoms with Gasteiger partial charge in [-0.2, -0.15) is 5.10 Å². The van der Waals surface area contributed by atoms with Crippen LogP contribution in [0.3, 0.4) is 0 Å². The zero-order valence-corrected chi connectivity index (χ0v) is 13.0. The average molecular weight is 337 g/mol. The summed E-state index contributed by atoms with van der Waals surface area (Å²) in [5.41, 5.74) is 3.95. The largest absolute Gasteiger partial charge is 0.272 e. The molecule has 19 heavy (non-hydrogen) atoms. The SMILES string of the molecule is C/C(=N/NC(=O)c1ccccc1Br)c1ccc(C)s1. The Kier molecular flexibility index (Phi) is 4.50. The van der Waals surface area contributed by atoms with Crippen LogP contribution in [0.25, 0.3) is 0 Å². The summed E-state index contributed by atoms with van der Waals surface area (Å²) in [5.74, 6) is -0.222. The second-order valence-electron chi connectivity index (χ2n) is 4.03. The number of hydrogen-bond acceptors (Lipinski definition) is 3. The lowest BCUT2D eigenvalue weighted by Gasteiger charge is -2.03. The maximum atomic E-state index is 12.0. The van der Waals surface area contributed by atoms with Crippen molar-refractivity contribution in [2.75, 3.05) is 0 Å². The minimum atomic E-state index is -0.222. The minimum Gasteiger partial charge on any atom is -0.267 e. The maximum Gasteiger partial charge on any atom is 0.272 e. The molecule has 98 valence electrons. The Labute approximate surface area is 124 Å². The van der Waals surface area contributed by atoms with Crippen molar-refractivity contribution in [3.05, 3.63) is 56.2 Å². The van der Waals surface area contributed by atoms with E-state index in [9.17, 15) is 4.79 Å². The molecule has 1 heterocycles. The van der Waals surface area contributed by atoms with E-state index in [1.807, 2.05) is 44.2 Å². The van der Waals surface area contributed by atoms with Gasteiger partial charge in [-0.3, -0.25) is 4.79 Å². The average Bonchev–Trinajstić information content (AvgIpc) is 2.83. The smallest absolute Gasteiger partial charge is 0.267 e. The molecular weight excluding hydrogens is 324 g/mol. The Morgan fingerprint density at radius 3 is 2.63 bits per heavy atom. The monoisotopic (exact) mass is 336 g/mol. The highest BCUT2D eigenvalue weighted by Gasteiger charge is 2.08. The Morgan fingerprint density at radius 1 is 1.26 bits per heavy atom. The molecule has 5 heteroatoms. The first kappa shape index (κ1) is 14.0. The van der Waals surface area contributed by atoms with Crippen LogP contribution in [-0.2, 0) is 0 Å². The van der Waals surface area contributed by atoms with Gasteiger partial charge in [0.15, 0.2) is 0 Å². The van der Waals surface area contributed by atoms with Crippen LogP contribution in [0.4, 0.5) is 0 Å². The molecule has 0 saturated heterocycles. The van der Waals surface area contributed by atoms with Crippen LogP contribution in [-0.4, -0.2) is 11.6 Å². The summed E-state index contributed by atoms with van der Waals surface area (Å²) in [6.07, 6.45) is 0. The van der Waals surface area contributed by atoms with Crippen LogP contribution in [0.1, 0.15) is 27.0 Å². The summed E-state index contributed by atoms with van der Waals surface area (Å²) in [5, 5.41) is 4.13. The van der Waals surface area contributed by atoms with Crippen molar-refractivity contribution in [3.8, 4) is 0 Å². The number of hydrogen-bond donors (Lipinski definition) is 1. The predicted molar refractivity (Wildman–Crippen MR) is 82.9 cm³/mol. The van der Waals surface area contributed by atoms with Crippen molar-refractivity contribution < 1.29 is 4.79 Å². The van der Waals surface area contributed by atoms with Gasteiger partial charge < -0.3 is 0 Å². The molecule has 0 unspecified atom stereocenters. The summed E-state index contributed by atoms with van der Waals surface area (Å²) < 4.78 is 0.757. The highest BCUT2D eigenvalue weighted by atomic mass is 79.9. The van der Waals surface area contributed by atoms with Gasteiger partial charge in [-0.1, -0.05) is 12.1 Å². The first-order valence-corrected chi connectivity index (χ1v) is 7.35. The number of hydrazone groups is 1. The minimum absolute atomic E-state index is 0.222. The topological polar surface area (TPSA) is 41.5 Å². The van der Waals surface area contributed by atoms with Gasteiger partial charge in [0.1, 0.15) is 0 Å². The number of halogens is 1. The molecule has 0 bridgehead atoms. The number of thiophene rings is 1. The van der Waals surface area contributed by atoms with Crippen molar-refractivity contribution in [1.82, 2.24) is 5.43 Å². The van der Waals surface area contributed by atoms with Crippen LogP contribution in [0.2, 0.25) is 0 Å². The molecule has 2 rings (SSSR count). The lowest BCUT2D eigenvalue weighted by molar-refractivity contribution is 0.0954. The number of nitrogens with zero attached hydrogens (tertiary/aromatic N) is 1. The van der Waals surface area contributed by atoms with Crippen molar-refractivity contribution in [2.24, 2.45) is 5.10 Å². The third-order valence-corrected chi connectivity index (χ3v) is 4.34. The fraction of sp³-hybridized carbons (Fsp3) is 0.143. The summed E-state index contributed by atoms with van der Waals surface area (Å²) in [6, 6.07) is 11.3. The maximum absolute atomic E-state index is 12.0. The van der Waals surface area contributed by atoms with E-state index in [0.29, 0.717) is 5.56 Å². The number of carbonyl (C=O) groups is 1. The van der Waals surface area contributed by atoms with Crippen LogP contribution in [0, 0.1) is 6.92 Å². The molecule has 0 aliphatic rings. The molecule has 0 aliphatic carbocycles. The molecule has 0 spiro atoms. The number of carbonyl (C=O) groups excluding carboxylic acids is 1. The van der Waals surface area contributed by atoms with E-state index in [-0.39, 0.29) is 5.91 Å². The van der Waals surface area contributed by atoms with Crippen molar-refractivity contribution in [2.45, 2.75) is 13.8 Å². The van der Waals surface area contributed by atoms with Crippen LogP contribution >= 0.6 is 27.3 Å². The predicted octanol–water partition coefficient (Wildman–Crippen LogP) is 3.97. The molecule has 1 aromatic carbocycles. The Morgan fingerprint density at radius 2 is 2.00 bits per heavy atom. The second-order valence-corrected chi connectivity index (χ2v) is 6.17. The summed E-state index contributed by atoms with van der Waals surface area (Å²) >= 11 is 5.00. The van der Waals surface area contributed by atoms with E-state index in [0.717, 1.165) is 15.1 Å². The first-order valence-electron chi connectivity index (χ1n) is 5.74. The normalized spacial score (nSPS) is 11.4. The fourth-order valence-electron chi connectivity index (χ4n) is 1.52. The second kappa shape index (κ2) is 6.12. The third kappa shape index (κ3) is 3.52. The molecule has 3 nitrogen and oxygen atoms in total. The molecule has 0 fully saturated rings. The standard InChI is InChI=1S/C14H13BrN2OS/c1-9-7-8-13(19-9)10(2)16-17-14(18)11-5-3-4-6-12(11)15/h3-8H,1-2H3,(H,17,18)/b16-10-. The lowest BCUT2D eigenvalue weighted by atomic mass is 10.2. The number of amides is 1. The van der Waals surface area contributed by atoms with E-state index >= 15 is 0 Å². The van der Waals surface area contributed by atoms with E-state index in [1.54, 1.807) is 17.4 Å². The molecule has 0 radical (unpaired) electrons. The highest BCUT2D eigenvalue weighted by Crippen LogP contribution is 2.17. The molecule has 0 saturated carbocycles. The first-order chi connectivity index (χ1) is 9.08. The van der Waals surface area contributed by atoms with Gasteiger partial charge in [-0.25, -0.2) is 5.43 Å². The fourth-order valence-corrected chi connectivity index (χ4v) is 2.80. The zero-order chi connectivity index (χ0) is 13.8. The van der Waals surface area contributed by atoms with Crippen LogP contribution < -0.4 is 5.43 Å². The molecule has 2 aromatic rings. The Balaban J connectivity index is 2.10. The van der Waals surface area contributed by atoms with E-state index < -0.39 is 0 Å². The van der Waals surface area contributed by atoms with Gasteiger partial charge in [0.05, 0.1) is 16.2 Å². The van der Waals surface area contributed by atoms with Crippen LogP contribution in [0.15, 0.2) is 46.0 Å². The summed E-state index contributed by atoms with van der Waals surface area (Å²) in [7, 11) is 0. The molecular formula is C14H13BrN2OS. The zero-order valence-electron chi connectivity index (χ0n) is 10.6. The van der Waals surface area contributed by atoms with Gasteiger partial charge in [-0.15, -0.1) is 11.3 Å². The summed E-state index contributed by atoms with van der Waals surface area (Å²) in [4.78, 5) is 14.2. The van der Waals surface area contributed by atoms with E-state index in [2.05, 4.69) is 26.5 Å². The van der Waals surface area contributed by atoms with Gasteiger partial charge in [0.2, 0.25) is 0 Å². The van der Waals surface area contributed by atoms with Crippen molar-refractivity contribution in [3.63, 3.8) is 0 Å². The molecule has 1 aromatic heterocycles.